The Morgan fingerprint density at radius 1 is 1.11 bits per heavy atom. The van der Waals surface area contributed by atoms with Crippen LogP contribution in [0, 0.1) is 11.7 Å². The summed E-state index contributed by atoms with van der Waals surface area (Å²) < 4.78 is 39.5. The summed E-state index contributed by atoms with van der Waals surface area (Å²) in [5.41, 5.74) is 1.09. The largest absolute Gasteiger partial charge is 0.481 e. The van der Waals surface area contributed by atoms with Crippen molar-refractivity contribution in [2.24, 2.45) is 5.92 Å². The first-order valence-electron chi connectivity index (χ1n) is 9.25. The van der Waals surface area contributed by atoms with E-state index in [1.807, 2.05) is 12.1 Å². The highest BCUT2D eigenvalue weighted by molar-refractivity contribution is 7.89. The molecule has 152 valence electrons. The molecule has 6 nitrogen and oxygen atoms in total. The molecule has 1 atom stereocenters. The number of benzene rings is 1. The molecule has 1 heterocycles. The van der Waals surface area contributed by atoms with E-state index in [1.54, 1.807) is 12.4 Å². The predicted octanol–water partition coefficient (Wildman–Crippen LogP) is 3.39. The molecule has 0 aliphatic heterocycles. The van der Waals surface area contributed by atoms with Crippen molar-refractivity contribution in [2.45, 2.75) is 43.4 Å². The Morgan fingerprint density at radius 3 is 2.46 bits per heavy atom. The molecule has 0 saturated carbocycles. The van der Waals surface area contributed by atoms with Crippen molar-refractivity contribution in [3.63, 3.8) is 0 Å². The fraction of sp³-hybridized carbons (Fsp3) is 0.400. The third-order valence-electron chi connectivity index (χ3n) is 4.49. The maximum absolute atomic E-state index is 12.9. The number of nitrogens with one attached hydrogen (secondary N) is 1. The number of hydrogen-bond acceptors (Lipinski definition) is 4. The number of hydrogen-bond donors (Lipinski definition) is 2. The second-order valence-corrected chi connectivity index (χ2v) is 8.40. The van der Waals surface area contributed by atoms with Crippen LogP contribution in [0.4, 0.5) is 4.39 Å². The minimum Gasteiger partial charge on any atom is -0.481 e. The highest BCUT2D eigenvalue weighted by Gasteiger charge is 2.17. The number of sulfonamides is 1. The molecule has 1 unspecified atom stereocenters. The number of aromatic nitrogens is 1. The number of carbonyl (C=O) groups is 1. The second kappa shape index (κ2) is 10.9. The molecule has 0 amide bonds. The molecular weight excluding hydrogens is 383 g/mol. The summed E-state index contributed by atoms with van der Waals surface area (Å²) in [4.78, 5) is 15.5. The summed E-state index contributed by atoms with van der Waals surface area (Å²) >= 11 is 0. The van der Waals surface area contributed by atoms with Crippen molar-refractivity contribution in [3.05, 3.63) is 60.2 Å². The van der Waals surface area contributed by atoms with Gasteiger partial charge >= 0.3 is 5.97 Å². The summed E-state index contributed by atoms with van der Waals surface area (Å²) in [7, 11) is -3.68. The molecule has 0 radical (unpaired) electrons. The van der Waals surface area contributed by atoms with Gasteiger partial charge in [0.25, 0.3) is 0 Å². The second-order valence-electron chi connectivity index (χ2n) is 6.64. The maximum Gasteiger partial charge on any atom is 0.306 e. The van der Waals surface area contributed by atoms with E-state index in [0.717, 1.165) is 30.5 Å². The van der Waals surface area contributed by atoms with E-state index in [0.29, 0.717) is 25.7 Å². The zero-order valence-electron chi connectivity index (χ0n) is 15.6. The molecule has 2 rings (SSSR count). The number of carboxylic acids is 1. The quantitative estimate of drug-likeness (QED) is 0.525. The van der Waals surface area contributed by atoms with Crippen LogP contribution in [0.1, 0.15) is 37.7 Å². The van der Waals surface area contributed by atoms with Gasteiger partial charge in [0.1, 0.15) is 5.82 Å². The average Bonchev–Trinajstić information content (AvgIpc) is 2.67. The number of pyridine rings is 1. The molecule has 1 aromatic carbocycles. The Kier molecular flexibility index (Phi) is 8.53. The van der Waals surface area contributed by atoms with E-state index < -0.39 is 27.7 Å². The van der Waals surface area contributed by atoms with Crippen LogP contribution in [-0.2, 0) is 21.2 Å². The van der Waals surface area contributed by atoms with Crippen LogP contribution in [0.2, 0.25) is 0 Å². The summed E-state index contributed by atoms with van der Waals surface area (Å²) in [5, 5.41) is 9.37. The molecule has 0 aliphatic rings. The topological polar surface area (TPSA) is 96.4 Å². The lowest BCUT2D eigenvalue weighted by Gasteiger charge is -2.12. The number of rotatable bonds is 12. The van der Waals surface area contributed by atoms with Crippen molar-refractivity contribution in [3.8, 4) is 0 Å². The van der Waals surface area contributed by atoms with Crippen molar-refractivity contribution in [1.82, 2.24) is 9.71 Å². The normalized spacial score (nSPS) is 12.6. The molecule has 1 aromatic heterocycles. The maximum atomic E-state index is 12.9. The van der Waals surface area contributed by atoms with Gasteiger partial charge in [-0.1, -0.05) is 12.5 Å². The van der Waals surface area contributed by atoms with Gasteiger partial charge in [0, 0.05) is 18.9 Å². The summed E-state index contributed by atoms with van der Waals surface area (Å²) in [6, 6.07) is 8.43. The van der Waals surface area contributed by atoms with Crippen LogP contribution in [-0.4, -0.2) is 31.0 Å². The van der Waals surface area contributed by atoms with E-state index in [4.69, 9.17) is 0 Å². The van der Waals surface area contributed by atoms with Crippen LogP contribution in [0.5, 0.6) is 0 Å². The van der Waals surface area contributed by atoms with Gasteiger partial charge in [0.2, 0.25) is 10.0 Å². The molecule has 0 saturated heterocycles. The minimum atomic E-state index is -3.68. The molecule has 0 aliphatic carbocycles. The van der Waals surface area contributed by atoms with Gasteiger partial charge in [-0.25, -0.2) is 17.5 Å². The standard InChI is InChI=1S/C20H25FN2O4S/c21-18-9-11-19(12-10-18)28(26,27)23-14-2-1-7-17(20(24)25)8-3-5-16-6-4-13-22-15-16/h4,6,9-13,15,17,23H,1-3,5,7-8,14H2,(H,24,25). The van der Waals surface area contributed by atoms with Crippen molar-refractivity contribution >= 4 is 16.0 Å². The number of aryl methyl sites for hydroxylation is 1. The molecule has 0 bridgehead atoms. The Labute approximate surface area is 164 Å². The number of unbranched alkanes of at least 4 members (excludes halogenated alkanes) is 1. The zero-order valence-corrected chi connectivity index (χ0v) is 16.4. The lowest BCUT2D eigenvalue weighted by molar-refractivity contribution is -0.142. The molecule has 2 aromatic rings. The van der Waals surface area contributed by atoms with Crippen molar-refractivity contribution in [1.29, 1.82) is 0 Å². The van der Waals surface area contributed by atoms with Gasteiger partial charge in [-0.2, -0.15) is 0 Å². The van der Waals surface area contributed by atoms with Gasteiger partial charge in [0.15, 0.2) is 0 Å². The molecule has 8 heteroatoms. The van der Waals surface area contributed by atoms with Crippen molar-refractivity contribution in [2.75, 3.05) is 6.54 Å². The summed E-state index contributed by atoms with van der Waals surface area (Å²) in [6.45, 7) is 0.210. The average molecular weight is 408 g/mol. The lowest BCUT2D eigenvalue weighted by Crippen LogP contribution is -2.25. The van der Waals surface area contributed by atoms with Crippen LogP contribution >= 0.6 is 0 Å². The first kappa shape index (κ1) is 22.0. The van der Waals surface area contributed by atoms with Crippen molar-refractivity contribution < 1.29 is 22.7 Å². The van der Waals surface area contributed by atoms with Gasteiger partial charge in [0.05, 0.1) is 10.8 Å². The van der Waals surface area contributed by atoms with Gasteiger partial charge < -0.3 is 5.11 Å². The summed E-state index contributed by atoms with van der Waals surface area (Å²) in [5.74, 6) is -1.76. The van der Waals surface area contributed by atoms with E-state index >= 15 is 0 Å². The smallest absolute Gasteiger partial charge is 0.306 e. The highest BCUT2D eigenvalue weighted by atomic mass is 32.2. The Hall–Kier alpha value is -2.32. The van der Waals surface area contributed by atoms with Crippen LogP contribution in [0.3, 0.4) is 0 Å². The molecule has 0 spiro atoms. The summed E-state index contributed by atoms with van der Waals surface area (Å²) in [6.07, 6.45) is 7.25. The predicted molar refractivity (Wildman–Crippen MR) is 104 cm³/mol. The van der Waals surface area contributed by atoms with E-state index in [2.05, 4.69) is 9.71 Å². The Balaban J connectivity index is 1.69. The molecular formula is C20H25FN2O4S. The lowest BCUT2D eigenvalue weighted by atomic mass is 9.95. The zero-order chi connectivity index (χ0) is 20.4. The highest BCUT2D eigenvalue weighted by Crippen LogP contribution is 2.17. The van der Waals surface area contributed by atoms with E-state index in [9.17, 15) is 22.7 Å². The first-order chi connectivity index (χ1) is 13.4. The molecule has 28 heavy (non-hydrogen) atoms. The first-order valence-corrected chi connectivity index (χ1v) is 10.7. The fourth-order valence-electron chi connectivity index (χ4n) is 2.91. The minimum absolute atomic E-state index is 0.00714. The van der Waals surface area contributed by atoms with Gasteiger partial charge in [-0.05, 0) is 68.0 Å². The van der Waals surface area contributed by atoms with Crippen LogP contribution < -0.4 is 4.72 Å². The fourth-order valence-corrected chi connectivity index (χ4v) is 3.98. The third kappa shape index (κ3) is 7.36. The Morgan fingerprint density at radius 2 is 1.82 bits per heavy atom. The van der Waals surface area contributed by atoms with Crippen LogP contribution in [0.25, 0.3) is 0 Å². The molecule has 0 fully saturated rings. The Bertz CT molecular complexity index is 842. The van der Waals surface area contributed by atoms with Gasteiger partial charge in [-0.15, -0.1) is 0 Å². The van der Waals surface area contributed by atoms with E-state index in [1.165, 1.54) is 12.1 Å². The monoisotopic (exact) mass is 408 g/mol. The van der Waals surface area contributed by atoms with E-state index in [-0.39, 0.29) is 11.4 Å². The number of aliphatic carboxylic acids is 1. The SMILES string of the molecule is O=C(O)C(CCCCNS(=O)(=O)c1ccc(F)cc1)CCCc1cccnc1. The van der Waals surface area contributed by atoms with Crippen LogP contribution in [0.15, 0.2) is 53.7 Å². The number of nitrogens with zero attached hydrogens (tertiary/aromatic N) is 1. The third-order valence-corrected chi connectivity index (χ3v) is 5.96. The number of carboxylic acid groups (broad SMARTS) is 1. The van der Waals surface area contributed by atoms with Gasteiger partial charge in [-0.3, -0.25) is 9.78 Å². The number of halogens is 1. The molecule has 2 N–H and O–H groups in total.